The van der Waals surface area contributed by atoms with Crippen LogP contribution in [-0.4, -0.2) is 51.8 Å². The second kappa shape index (κ2) is 12.4. The number of aromatic amines is 1. The van der Waals surface area contributed by atoms with Crippen molar-refractivity contribution in [3.05, 3.63) is 107 Å². The molecule has 8 nitrogen and oxygen atoms in total. The van der Waals surface area contributed by atoms with Crippen LogP contribution in [0.2, 0.25) is 0 Å². The van der Waals surface area contributed by atoms with E-state index in [0.717, 1.165) is 51.2 Å². The van der Waals surface area contributed by atoms with E-state index < -0.39 is 0 Å². The van der Waals surface area contributed by atoms with Gasteiger partial charge in [-0.2, -0.15) is 5.10 Å². The van der Waals surface area contributed by atoms with E-state index in [1.54, 1.807) is 4.68 Å². The third-order valence-electron chi connectivity index (χ3n) is 6.76. The molecule has 210 valence electrons. The number of carbonyl (C=O) groups excluding carboxylic acids is 1. The van der Waals surface area contributed by atoms with Crippen molar-refractivity contribution < 1.29 is 14.3 Å². The van der Waals surface area contributed by atoms with Crippen molar-refractivity contribution in [3.8, 4) is 17.2 Å². The number of anilines is 1. The summed E-state index contributed by atoms with van der Waals surface area (Å²) in [4.78, 5) is 18.8. The first-order valence-corrected chi connectivity index (χ1v) is 14.3. The summed E-state index contributed by atoms with van der Waals surface area (Å²) < 4.78 is 13.8. The normalized spacial score (nSPS) is 13.0. The lowest BCUT2D eigenvalue weighted by molar-refractivity contribution is 0.0641. The number of rotatable bonds is 7. The molecule has 0 spiro atoms. The topological polar surface area (TPSA) is 98.4 Å². The first kappa shape index (κ1) is 28.2. The predicted octanol–water partition coefficient (Wildman–Crippen LogP) is 7.05. The molecule has 3 N–H and O–H groups in total. The number of benzene rings is 3. The van der Waals surface area contributed by atoms with Crippen LogP contribution in [0.1, 0.15) is 35.5 Å². The molecule has 1 aliphatic rings. The molecule has 9 heteroatoms. The second-order valence-electron chi connectivity index (χ2n) is 9.27. The van der Waals surface area contributed by atoms with Crippen LogP contribution in [0.4, 0.5) is 5.82 Å². The van der Waals surface area contributed by atoms with Gasteiger partial charge in [0.1, 0.15) is 17.3 Å². The summed E-state index contributed by atoms with van der Waals surface area (Å²) in [7, 11) is 0. The fourth-order valence-corrected chi connectivity index (χ4v) is 5.03. The Balaban J connectivity index is 0.00000165. The third kappa shape index (κ3) is 6.06. The van der Waals surface area contributed by atoms with Crippen molar-refractivity contribution in [2.24, 2.45) is 0 Å². The van der Waals surface area contributed by atoms with E-state index in [-0.39, 0.29) is 11.6 Å². The predicted molar refractivity (Wildman–Crippen MR) is 167 cm³/mol. The lowest BCUT2D eigenvalue weighted by Crippen LogP contribution is -2.34. The summed E-state index contributed by atoms with van der Waals surface area (Å²) in [6, 6.07) is 22.8. The molecule has 1 aliphatic heterocycles. The number of nitrogens with two attached hydrogens (primary N) is 1. The maximum absolute atomic E-state index is 13.4. The number of H-pyrrole nitrogens is 1. The molecule has 6 rings (SSSR count). The van der Waals surface area contributed by atoms with E-state index in [4.69, 9.17) is 15.2 Å². The number of nitrogen functional groups attached to an aromatic ring is 1. The number of ketones is 1. The molecule has 3 heterocycles. The number of hydrogen-bond acceptors (Lipinski definition) is 6. The fourth-order valence-electron chi connectivity index (χ4n) is 4.66. The van der Waals surface area contributed by atoms with E-state index in [9.17, 15) is 4.79 Å². The third-order valence-corrected chi connectivity index (χ3v) is 7.25. The van der Waals surface area contributed by atoms with Crippen LogP contribution < -0.4 is 10.5 Å². The van der Waals surface area contributed by atoms with E-state index in [1.165, 1.54) is 6.20 Å². The molecular weight excluding hydrogens is 582 g/mol. The van der Waals surface area contributed by atoms with Crippen LogP contribution >= 0.6 is 15.9 Å². The molecule has 0 bridgehead atoms. The van der Waals surface area contributed by atoms with Gasteiger partial charge in [-0.15, -0.1) is 0 Å². The van der Waals surface area contributed by atoms with Crippen LogP contribution in [-0.2, 0) is 4.74 Å². The minimum Gasteiger partial charge on any atom is -0.457 e. The van der Waals surface area contributed by atoms with Gasteiger partial charge in [0, 0.05) is 34.2 Å². The Morgan fingerprint density at radius 2 is 1.78 bits per heavy atom. The Morgan fingerprint density at radius 3 is 2.51 bits per heavy atom. The molecule has 3 aromatic carbocycles. The quantitative estimate of drug-likeness (QED) is 0.191. The van der Waals surface area contributed by atoms with Gasteiger partial charge in [0.2, 0.25) is 5.78 Å². The van der Waals surface area contributed by atoms with E-state index in [1.807, 2.05) is 86.6 Å². The first-order valence-electron chi connectivity index (χ1n) is 13.5. The van der Waals surface area contributed by atoms with Crippen molar-refractivity contribution >= 4 is 44.1 Å². The standard InChI is InChI=1S/C30H26BrN5O3.C2H6/c1-19(35-11-13-38-14-12-35)20-5-10-27-21(15-20)16-28(34-27)29(37)26-18-33-36(30(26)32)23-6-8-24(9-7-23)39-25-4-2-3-22(31)17-25;1-2/h2-10,15-18,34H,1,11-14,32H2;1-2H3. The number of morpholine rings is 1. The summed E-state index contributed by atoms with van der Waals surface area (Å²) >= 11 is 3.45. The monoisotopic (exact) mass is 613 g/mol. The molecule has 0 aliphatic carbocycles. The molecule has 2 aromatic heterocycles. The zero-order chi connectivity index (χ0) is 28.9. The lowest BCUT2D eigenvalue weighted by atomic mass is 10.1. The number of aromatic nitrogens is 3. The number of fused-ring (bicyclic) bond motifs is 1. The Kier molecular flexibility index (Phi) is 8.56. The molecule has 5 aromatic rings. The van der Waals surface area contributed by atoms with E-state index in [0.29, 0.717) is 30.2 Å². The van der Waals surface area contributed by atoms with Crippen molar-refractivity contribution in [3.63, 3.8) is 0 Å². The van der Waals surface area contributed by atoms with Crippen molar-refractivity contribution in [2.45, 2.75) is 13.8 Å². The number of nitrogens with one attached hydrogen (secondary N) is 1. The lowest BCUT2D eigenvalue weighted by Gasteiger charge is -2.30. The van der Waals surface area contributed by atoms with Gasteiger partial charge in [-0.25, -0.2) is 4.68 Å². The van der Waals surface area contributed by atoms with Gasteiger partial charge in [0.05, 0.1) is 36.4 Å². The Labute approximate surface area is 247 Å². The van der Waals surface area contributed by atoms with Gasteiger partial charge >= 0.3 is 0 Å². The largest absolute Gasteiger partial charge is 0.457 e. The number of nitrogens with zero attached hydrogens (tertiary/aromatic N) is 3. The number of carbonyl (C=O) groups is 1. The Morgan fingerprint density at radius 1 is 1.02 bits per heavy atom. The highest BCUT2D eigenvalue weighted by molar-refractivity contribution is 9.10. The number of halogens is 1. The molecule has 0 atom stereocenters. The highest BCUT2D eigenvalue weighted by atomic mass is 79.9. The molecule has 41 heavy (non-hydrogen) atoms. The second-order valence-corrected chi connectivity index (χ2v) is 10.2. The fraction of sp³-hybridized carbons (Fsp3) is 0.188. The molecule has 1 saturated heterocycles. The highest BCUT2D eigenvalue weighted by Gasteiger charge is 2.20. The molecule has 0 saturated carbocycles. The maximum Gasteiger partial charge on any atom is 0.214 e. The van der Waals surface area contributed by atoms with E-state index >= 15 is 0 Å². The zero-order valence-electron chi connectivity index (χ0n) is 23.1. The van der Waals surface area contributed by atoms with Crippen molar-refractivity contribution in [1.82, 2.24) is 19.7 Å². The molecule has 0 radical (unpaired) electrons. The average molecular weight is 615 g/mol. The maximum atomic E-state index is 13.4. The van der Waals surface area contributed by atoms with Crippen molar-refractivity contribution in [2.75, 3.05) is 32.0 Å². The molecule has 1 fully saturated rings. The number of ether oxygens (including phenoxy) is 2. The van der Waals surface area contributed by atoms with Crippen LogP contribution in [0.3, 0.4) is 0 Å². The van der Waals surface area contributed by atoms with E-state index in [2.05, 4.69) is 37.5 Å². The summed E-state index contributed by atoms with van der Waals surface area (Å²) in [5.74, 6) is 1.44. The minimum absolute atomic E-state index is 0.224. The van der Waals surface area contributed by atoms with Gasteiger partial charge in [0.15, 0.2) is 0 Å². The van der Waals surface area contributed by atoms with Gasteiger partial charge in [-0.1, -0.05) is 48.5 Å². The minimum atomic E-state index is -0.224. The van der Waals surface area contributed by atoms with Gasteiger partial charge in [-0.3, -0.25) is 4.79 Å². The Hall–Kier alpha value is -4.34. The molecular formula is C32H32BrN5O3. The van der Waals surface area contributed by atoms with Crippen LogP contribution in [0.5, 0.6) is 11.5 Å². The van der Waals surface area contributed by atoms with Gasteiger partial charge in [-0.05, 0) is 66.2 Å². The highest BCUT2D eigenvalue weighted by Crippen LogP contribution is 2.28. The number of hydrogen-bond donors (Lipinski definition) is 2. The smallest absolute Gasteiger partial charge is 0.214 e. The van der Waals surface area contributed by atoms with Crippen LogP contribution in [0.25, 0.3) is 22.3 Å². The van der Waals surface area contributed by atoms with Crippen LogP contribution in [0.15, 0.2) is 90.0 Å². The average Bonchev–Trinajstić information content (AvgIpc) is 3.61. The van der Waals surface area contributed by atoms with Crippen molar-refractivity contribution in [1.29, 1.82) is 0 Å². The van der Waals surface area contributed by atoms with Gasteiger partial charge in [0.25, 0.3) is 0 Å². The van der Waals surface area contributed by atoms with Gasteiger partial charge < -0.3 is 25.1 Å². The summed E-state index contributed by atoms with van der Waals surface area (Å²) in [6.07, 6.45) is 1.50. The molecule has 0 amide bonds. The SMILES string of the molecule is C=C(c1ccc2[nH]c(C(=O)c3cnn(-c4ccc(Oc5cccc(Br)c5)cc4)c3N)cc2c1)N1CCOCC1.CC. The Bertz CT molecular complexity index is 1680. The summed E-state index contributed by atoms with van der Waals surface area (Å²) in [5, 5.41) is 5.31. The molecule has 0 unspecified atom stereocenters. The summed E-state index contributed by atoms with van der Waals surface area (Å²) in [5.41, 5.74) is 10.7. The first-order chi connectivity index (χ1) is 20.0. The zero-order valence-corrected chi connectivity index (χ0v) is 24.6. The summed E-state index contributed by atoms with van der Waals surface area (Å²) in [6.45, 7) is 11.3. The van der Waals surface area contributed by atoms with Crippen LogP contribution in [0, 0.1) is 0 Å².